The Hall–Kier alpha value is -0.280. The Bertz CT molecular complexity index is 542. The quantitative estimate of drug-likeness (QED) is 0.291. The van der Waals surface area contributed by atoms with Gasteiger partial charge in [0.2, 0.25) is 0 Å². The maximum atomic E-state index is 12.1. The number of guanidine groups is 1. The monoisotopic (exact) mass is 483 g/mol. The van der Waals surface area contributed by atoms with Crippen LogP contribution in [0.3, 0.4) is 0 Å². The van der Waals surface area contributed by atoms with Crippen LogP contribution in [-0.2, 0) is 17.3 Å². The molecule has 0 fully saturated rings. The molecule has 0 amide bonds. The second kappa shape index (κ2) is 11.4. The Morgan fingerprint density at radius 1 is 1.29 bits per heavy atom. The summed E-state index contributed by atoms with van der Waals surface area (Å²) in [5, 5.41) is 3.29. The Balaban J connectivity index is 0.00000529. The minimum atomic E-state index is -0.849. The van der Waals surface area contributed by atoms with Gasteiger partial charge in [-0.15, -0.1) is 35.7 Å². The van der Waals surface area contributed by atoms with Crippen molar-refractivity contribution in [2.75, 3.05) is 32.6 Å². The van der Waals surface area contributed by atoms with Crippen molar-refractivity contribution in [3.05, 3.63) is 29.8 Å². The number of thioether (sulfide) groups is 1. The highest BCUT2D eigenvalue weighted by atomic mass is 127. The summed E-state index contributed by atoms with van der Waals surface area (Å²) in [5.74, 6) is 1.45. The van der Waals surface area contributed by atoms with E-state index in [0.717, 1.165) is 12.5 Å². The van der Waals surface area contributed by atoms with E-state index in [1.807, 2.05) is 27.8 Å². The van der Waals surface area contributed by atoms with Gasteiger partial charge in [-0.25, -0.2) is 0 Å². The lowest BCUT2D eigenvalue weighted by atomic mass is 10.2. The molecule has 4 nitrogen and oxygen atoms in total. The average molecular weight is 483 g/mol. The SMILES string of the molecule is CN=C(NCCS(=O)C(C)(C)C)N(C)Cc1ccc(SC)cc1.I. The molecule has 24 heavy (non-hydrogen) atoms. The zero-order valence-electron chi connectivity index (χ0n) is 15.5. The van der Waals surface area contributed by atoms with Gasteiger partial charge >= 0.3 is 0 Å². The summed E-state index contributed by atoms with van der Waals surface area (Å²) in [7, 11) is 2.94. The normalized spacial score (nSPS) is 13.2. The summed E-state index contributed by atoms with van der Waals surface area (Å²) in [6.45, 7) is 7.45. The van der Waals surface area contributed by atoms with Crippen LogP contribution < -0.4 is 5.32 Å². The molecular formula is C17H30IN3OS2. The molecule has 0 aliphatic rings. The maximum Gasteiger partial charge on any atom is 0.193 e. The second-order valence-corrected chi connectivity index (χ2v) is 9.54. The van der Waals surface area contributed by atoms with Crippen LogP contribution in [0.25, 0.3) is 0 Å². The van der Waals surface area contributed by atoms with Gasteiger partial charge in [0.15, 0.2) is 5.96 Å². The average Bonchev–Trinajstić information content (AvgIpc) is 2.51. The van der Waals surface area contributed by atoms with Crippen LogP contribution in [0.15, 0.2) is 34.2 Å². The number of hydrogen-bond acceptors (Lipinski definition) is 3. The molecule has 0 heterocycles. The third-order valence-electron chi connectivity index (χ3n) is 3.41. The Kier molecular flexibility index (Phi) is 11.2. The van der Waals surface area contributed by atoms with E-state index in [1.165, 1.54) is 10.5 Å². The molecule has 0 radical (unpaired) electrons. The fourth-order valence-electron chi connectivity index (χ4n) is 2.03. The van der Waals surface area contributed by atoms with E-state index in [0.29, 0.717) is 12.3 Å². The zero-order chi connectivity index (χ0) is 17.5. The van der Waals surface area contributed by atoms with Crippen LogP contribution in [0.1, 0.15) is 26.3 Å². The molecule has 138 valence electrons. The third kappa shape index (κ3) is 8.20. The van der Waals surface area contributed by atoms with Gasteiger partial charge in [-0.2, -0.15) is 0 Å². The number of nitrogens with zero attached hydrogens (tertiary/aromatic N) is 2. The summed E-state index contributed by atoms with van der Waals surface area (Å²) < 4.78 is 11.9. The largest absolute Gasteiger partial charge is 0.355 e. The van der Waals surface area contributed by atoms with Gasteiger partial charge in [0.1, 0.15) is 0 Å². The summed E-state index contributed by atoms with van der Waals surface area (Å²) in [5.41, 5.74) is 1.24. The van der Waals surface area contributed by atoms with Gasteiger partial charge in [0.25, 0.3) is 0 Å². The maximum absolute atomic E-state index is 12.1. The lowest BCUT2D eigenvalue weighted by Gasteiger charge is -2.23. The van der Waals surface area contributed by atoms with Crippen molar-refractivity contribution >= 4 is 52.5 Å². The van der Waals surface area contributed by atoms with Crippen molar-refractivity contribution in [2.45, 2.75) is 37.0 Å². The Morgan fingerprint density at radius 3 is 2.33 bits per heavy atom. The van der Waals surface area contributed by atoms with Crippen LogP contribution in [0.2, 0.25) is 0 Å². The van der Waals surface area contributed by atoms with Gasteiger partial charge < -0.3 is 10.2 Å². The fourth-order valence-corrected chi connectivity index (χ4v) is 3.33. The highest BCUT2D eigenvalue weighted by Crippen LogP contribution is 2.15. The standard InChI is InChI=1S/C17H29N3OS2.HI/c1-17(2,3)23(21)12-11-19-16(18-4)20(5)13-14-7-9-15(22-6)10-8-14;/h7-10H,11-13H2,1-6H3,(H,18,19);1H. The first-order chi connectivity index (χ1) is 10.8. The Morgan fingerprint density at radius 2 is 1.88 bits per heavy atom. The van der Waals surface area contributed by atoms with Crippen molar-refractivity contribution in [3.8, 4) is 0 Å². The highest BCUT2D eigenvalue weighted by Gasteiger charge is 2.19. The van der Waals surface area contributed by atoms with Crippen LogP contribution >= 0.6 is 35.7 Å². The first-order valence-corrected chi connectivity index (χ1v) is 10.3. The lowest BCUT2D eigenvalue weighted by molar-refractivity contribution is 0.479. The second-order valence-electron chi connectivity index (χ2n) is 6.34. The minimum absolute atomic E-state index is 0. The van der Waals surface area contributed by atoms with Crippen molar-refractivity contribution in [3.63, 3.8) is 0 Å². The molecule has 1 unspecified atom stereocenters. The molecule has 7 heteroatoms. The zero-order valence-corrected chi connectivity index (χ0v) is 19.4. The van der Waals surface area contributed by atoms with Gasteiger partial charge in [-0.05, 0) is 44.7 Å². The summed E-state index contributed by atoms with van der Waals surface area (Å²) in [6.07, 6.45) is 2.08. The van der Waals surface area contributed by atoms with E-state index in [1.54, 1.807) is 18.8 Å². The molecule has 1 aromatic rings. The number of benzene rings is 1. The predicted octanol–water partition coefficient (Wildman–Crippen LogP) is 3.58. The van der Waals surface area contributed by atoms with Crippen LogP contribution in [-0.4, -0.2) is 52.5 Å². The van der Waals surface area contributed by atoms with E-state index in [9.17, 15) is 4.21 Å². The van der Waals surface area contributed by atoms with Crippen LogP contribution in [0, 0.1) is 0 Å². The minimum Gasteiger partial charge on any atom is -0.355 e. The molecule has 0 aliphatic heterocycles. The molecular weight excluding hydrogens is 453 g/mol. The van der Waals surface area contributed by atoms with Crippen molar-refractivity contribution in [1.29, 1.82) is 0 Å². The van der Waals surface area contributed by atoms with E-state index >= 15 is 0 Å². The lowest BCUT2D eigenvalue weighted by Crippen LogP contribution is -2.41. The molecule has 0 aromatic heterocycles. The van der Waals surface area contributed by atoms with Crippen LogP contribution in [0.4, 0.5) is 0 Å². The van der Waals surface area contributed by atoms with Crippen molar-refractivity contribution in [2.24, 2.45) is 4.99 Å². The van der Waals surface area contributed by atoms with Crippen LogP contribution in [0.5, 0.6) is 0 Å². The highest BCUT2D eigenvalue weighted by molar-refractivity contribution is 14.0. The van der Waals surface area contributed by atoms with Gasteiger partial charge in [-0.1, -0.05) is 12.1 Å². The number of aliphatic imine (C=N–C) groups is 1. The fraction of sp³-hybridized carbons (Fsp3) is 0.588. The summed E-state index contributed by atoms with van der Waals surface area (Å²) in [6, 6.07) is 8.56. The van der Waals surface area contributed by atoms with Crippen molar-refractivity contribution < 1.29 is 4.21 Å². The number of halogens is 1. The van der Waals surface area contributed by atoms with E-state index in [4.69, 9.17) is 0 Å². The topological polar surface area (TPSA) is 44.7 Å². The smallest absolute Gasteiger partial charge is 0.193 e. The van der Waals surface area contributed by atoms with Gasteiger partial charge in [0.05, 0.1) is 0 Å². The Labute approximate surface area is 170 Å². The summed E-state index contributed by atoms with van der Waals surface area (Å²) >= 11 is 1.74. The van der Waals surface area contributed by atoms with Gasteiger partial charge in [-0.3, -0.25) is 9.20 Å². The molecule has 1 atom stereocenters. The molecule has 0 spiro atoms. The molecule has 0 aliphatic carbocycles. The molecule has 0 saturated carbocycles. The number of nitrogens with one attached hydrogen (secondary N) is 1. The van der Waals surface area contributed by atoms with E-state index < -0.39 is 10.8 Å². The number of hydrogen-bond donors (Lipinski definition) is 1. The summed E-state index contributed by atoms with van der Waals surface area (Å²) in [4.78, 5) is 7.65. The first kappa shape index (κ1) is 23.7. The molecule has 1 N–H and O–H groups in total. The molecule has 1 aromatic carbocycles. The first-order valence-electron chi connectivity index (χ1n) is 7.71. The van der Waals surface area contributed by atoms with E-state index in [-0.39, 0.29) is 28.7 Å². The molecule has 0 saturated heterocycles. The number of rotatable bonds is 6. The van der Waals surface area contributed by atoms with Crippen molar-refractivity contribution in [1.82, 2.24) is 10.2 Å². The van der Waals surface area contributed by atoms with Gasteiger partial charge in [0, 0.05) is 53.4 Å². The third-order valence-corrected chi connectivity index (χ3v) is 6.09. The van der Waals surface area contributed by atoms with E-state index in [2.05, 4.69) is 45.7 Å². The molecule has 1 rings (SSSR count). The molecule has 0 bridgehead atoms. The predicted molar refractivity (Wildman–Crippen MR) is 119 cm³/mol.